The van der Waals surface area contributed by atoms with Crippen LogP contribution in [0.1, 0.15) is 57.9 Å². The Balaban J connectivity index is 1.77. The fraction of sp³-hybridized carbons (Fsp3) is 0.600. The number of rotatable bonds is 3. The average Bonchev–Trinajstić information content (AvgIpc) is 2.61. The van der Waals surface area contributed by atoms with Gasteiger partial charge in [-0.05, 0) is 43.4 Å². The standard InChI is InChI=1S/C20H28N2O2/c1-14(2)20(24)22-12-6-9-15-10-11-17(13-18(15)22)21-19(23)16-7-4-3-5-8-16/h10-11,13-14,16H,3-9,12H2,1-2H3,(H,21,23). The highest BCUT2D eigenvalue weighted by molar-refractivity contribution is 5.98. The van der Waals surface area contributed by atoms with Crippen molar-refractivity contribution in [1.82, 2.24) is 0 Å². The van der Waals surface area contributed by atoms with E-state index in [4.69, 9.17) is 0 Å². The number of hydrogen-bond donors (Lipinski definition) is 1. The second kappa shape index (κ2) is 7.37. The molecule has 4 nitrogen and oxygen atoms in total. The minimum absolute atomic E-state index is 0.0172. The Morgan fingerprint density at radius 2 is 1.88 bits per heavy atom. The molecule has 0 saturated heterocycles. The molecule has 1 aromatic rings. The van der Waals surface area contributed by atoms with Crippen LogP contribution in [-0.2, 0) is 16.0 Å². The molecule has 0 unspecified atom stereocenters. The van der Waals surface area contributed by atoms with Crippen LogP contribution in [0.25, 0.3) is 0 Å². The molecule has 1 N–H and O–H groups in total. The third-order valence-corrected chi connectivity index (χ3v) is 5.21. The summed E-state index contributed by atoms with van der Waals surface area (Å²) in [4.78, 5) is 26.8. The Kier molecular flexibility index (Phi) is 5.22. The molecule has 1 fully saturated rings. The SMILES string of the molecule is CC(C)C(=O)N1CCCc2ccc(NC(=O)C3CCCCC3)cc21. The van der Waals surface area contributed by atoms with Gasteiger partial charge in [-0.2, -0.15) is 0 Å². The van der Waals surface area contributed by atoms with Crippen LogP contribution in [0, 0.1) is 11.8 Å². The predicted octanol–water partition coefficient (Wildman–Crippen LogP) is 4.14. The molecule has 4 heteroatoms. The van der Waals surface area contributed by atoms with E-state index in [0.717, 1.165) is 56.4 Å². The molecule has 1 aliphatic carbocycles. The van der Waals surface area contributed by atoms with Gasteiger partial charge in [-0.1, -0.05) is 39.2 Å². The van der Waals surface area contributed by atoms with Gasteiger partial charge >= 0.3 is 0 Å². The highest BCUT2D eigenvalue weighted by Crippen LogP contribution is 2.32. The highest BCUT2D eigenvalue weighted by atomic mass is 16.2. The first kappa shape index (κ1) is 17.0. The summed E-state index contributed by atoms with van der Waals surface area (Å²) < 4.78 is 0. The molecule has 0 spiro atoms. The Morgan fingerprint density at radius 1 is 1.12 bits per heavy atom. The predicted molar refractivity (Wildman–Crippen MR) is 97.2 cm³/mol. The van der Waals surface area contributed by atoms with Crippen LogP contribution in [0.3, 0.4) is 0 Å². The number of amides is 2. The van der Waals surface area contributed by atoms with Crippen molar-refractivity contribution in [2.75, 3.05) is 16.8 Å². The summed E-state index contributed by atoms with van der Waals surface area (Å²) in [6.45, 7) is 4.64. The first-order valence-electron chi connectivity index (χ1n) is 9.31. The van der Waals surface area contributed by atoms with Gasteiger partial charge in [0.15, 0.2) is 0 Å². The van der Waals surface area contributed by atoms with E-state index < -0.39 is 0 Å². The van der Waals surface area contributed by atoms with Gasteiger partial charge in [0.05, 0.1) is 0 Å². The van der Waals surface area contributed by atoms with E-state index in [1.54, 1.807) is 0 Å². The summed E-state index contributed by atoms with van der Waals surface area (Å²) >= 11 is 0. The lowest BCUT2D eigenvalue weighted by Crippen LogP contribution is -2.38. The summed E-state index contributed by atoms with van der Waals surface area (Å²) in [6, 6.07) is 6.02. The van der Waals surface area contributed by atoms with E-state index in [2.05, 4.69) is 11.4 Å². The second-order valence-corrected chi connectivity index (χ2v) is 7.42. The largest absolute Gasteiger partial charge is 0.326 e. The quantitative estimate of drug-likeness (QED) is 0.906. The van der Waals surface area contributed by atoms with Crippen molar-refractivity contribution in [2.24, 2.45) is 11.8 Å². The molecule has 2 amide bonds. The minimum Gasteiger partial charge on any atom is -0.326 e. The van der Waals surface area contributed by atoms with Crippen LogP contribution in [0.15, 0.2) is 18.2 Å². The monoisotopic (exact) mass is 328 g/mol. The number of hydrogen-bond acceptors (Lipinski definition) is 2. The topological polar surface area (TPSA) is 49.4 Å². The van der Waals surface area contributed by atoms with Gasteiger partial charge in [0.25, 0.3) is 0 Å². The number of anilines is 2. The van der Waals surface area contributed by atoms with Crippen LogP contribution in [0.4, 0.5) is 11.4 Å². The maximum Gasteiger partial charge on any atom is 0.229 e. The van der Waals surface area contributed by atoms with Gasteiger partial charge in [-0.25, -0.2) is 0 Å². The minimum atomic E-state index is -0.0172. The van der Waals surface area contributed by atoms with E-state index in [-0.39, 0.29) is 23.7 Å². The first-order valence-corrected chi connectivity index (χ1v) is 9.31. The smallest absolute Gasteiger partial charge is 0.229 e. The molecule has 3 rings (SSSR count). The van der Waals surface area contributed by atoms with Crippen molar-refractivity contribution in [1.29, 1.82) is 0 Å². The van der Waals surface area contributed by atoms with Crippen molar-refractivity contribution < 1.29 is 9.59 Å². The first-order chi connectivity index (χ1) is 11.6. The molecule has 0 radical (unpaired) electrons. The fourth-order valence-corrected chi connectivity index (χ4v) is 3.80. The average molecular weight is 328 g/mol. The molecule has 0 bridgehead atoms. The molecule has 2 aliphatic rings. The third-order valence-electron chi connectivity index (χ3n) is 5.21. The molecular weight excluding hydrogens is 300 g/mol. The number of carbonyl (C=O) groups is 2. The van der Waals surface area contributed by atoms with E-state index in [9.17, 15) is 9.59 Å². The number of aryl methyl sites for hydroxylation is 1. The molecule has 1 aliphatic heterocycles. The van der Waals surface area contributed by atoms with Crippen molar-refractivity contribution in [3.8, 4) is 0 Å². The van der Waals surface area contributed by atoms with E-state index in [1.807, 2.05) is 30.9 Å². The van der Waals surface area contributed by atoms with Gasteiger partial charge in [-0.3, -0.25) is 9.59 Å². The Morgan fingerprint density at radius 3 is 2.58 bits per heavy atom. The van der Waals surface area contributed by atoms with Crippen LogP contribution < -0.4 is 10.2 Å². The van der Waals surface area contributed by atoms with Gasteiger partial charge in [0.2, 0.25) is 11.8 Å². The molecule has 1 aromatic carbocycles. The zero-order valence-electron chi connectivity index (χ0n) is 14.8. The lowest BCUT2D eigenvalue weighted by Gasteiger charge is -2.31. The van der Waals surface area contributed by atoms with Crippen molar-refractivity contribution in [3.05, 3.63) is 23.8 Å². The maximum atomic E-state index is 12.5. The number of carbonyl (C=O) groups excluding carboxylic acids is 2. The van der Waals surface area contributed by atoms with Crippen molar-refractivity contribution >= 4 is 23.2 Å². The molecule has 0 atom stereocenters. The number of nitrogens with zero attached hydrogens (tertiary/aromatic N) is 1. The molecule has 130 valence electrons. The Labute approximate surface area is 144 Å². The second-order valence-electron chi connectivity index (χ2n) is 7.42. The maximum absolute atomic E-state index is 12.5. The van der Waals surface area contributed by atoms with Crippen LogP contribution in [-0.4, -0.2) is 18.4 Å². The number of benzene rings is 1. The van der Waals surface area contributed by atoms with E-state index >= 15 is 0 Å². The summed E-state index contributed by atoms with van der Waals surface area (Å²) in [6.07, 6.45) is 7.53. The Bertz CT molecular complexity index is 618. The highest BCUT2D eigenvalue weighted by Gasteiger charge is 2.25. The van der Waals surface area contributed by atoms with Crippen LogP contribution in [0.5, 0.6) is 0 Å². The fourth-order valence-electron chi connectivity index (χ4n) is 3.80. The van der Waals surface area contributed by atoms with Gasteiger partial charge in [-0.15, -0.1) is 0 Å². The number of nitrogens with one attached hydrogen (secondary N) is 1. The third kappa shape index (κ3) is 3.63. The zero-order chi connectivity index (χ0) is 17.1. The van der Waals surface area contributed by atoms with Gasteiger partial charge in [0.1, 0.15) is 0 Å². The van der Waals surface area contributed by atoms with Crippen molar-refractivity contribution in [2.45, 2.75) is 58.8 Å². The lowest BCUT2D eigenvalue weighted by molar-refractivity contribution is -0.121. The molecule has 1 saturated carbocycles. The van der Waals surface area contributed by atoms with Gasteiger partial charge in [0, 0.05) is 29.8 Å². The molecule has 1 heterocycles. The summed E-state index contributed by atoms with van der Waals surface area (Å²) in [5, 5.41) is 3.07. The number of fused-ring (bicyclic) bond motifs is 1. The summed E-state index contributed by atoms with van der Waals surface area (Å²) in [5.74, 6) is 0.415. The summed E-state index contributed by atoms with van der Waals surface area (Å²) in [5.41, 5.74) is 2.99. The van der Waals surface area contributed by atoms with E-state index in [0.29, 0.717) is 0 Å². The normalized spacial score (nSPS) is 18.4. The summed E-state index contributed by atoms with van der Waals surface area (Å²) in [7, 11) is 0. The lowest BCUT2D eigenvalue weighted by atomic mass is 9.88. The zero-order valence-corrected chi connectivity index (χ0v) is 14.8. The molecule has 0 aromatic heterocycles. The Hall–Kier alpha value is -1.84. The van der Waals surface area contributed by atoms with Crippen LogP contribution in [0.2, 0.25) is 0 Å². The molecular formula is C20H28N2O2. The van der Waals surface area contributed by atoms with Crippen LogP contribution >= 0.6 is 0 Å². The molecule has 24 heavy (non-hydrogen) atoms. The van der Waals surface area contributed by atoms with E-state index in [1.165, 1.54) is 12.0 Å². The van der Waals surface area contributed by atoms with Crippen molar-refractivity contribution in [3.63, 3.8) is 0 Å². The van der Waals surface area contributed by atoms with Gasteiger partial charge < -0.3 is 10.2 Å².